The molecule has 0 saturated heterocycles. The number of benzene rings is 1. The summed E-state index contributed by atoms with van der Waals surface area (Å²) >= 11 is 7.31. The van der Waals surface area contributed by atoms with Gasteiger partial charge in [0, 0.05) is 17.1 Å². The molecule has 0 aliphatic rings. The molecular weight excluding hydrogens is 312 g/mol. The fourth-order valence-corrected chi connectivity index (χ4v) is 2.74. The van der Waals surface area contributed by atoms with Crippen LogP contribution in [0.25, 0.3) is 0 Å². The van der Waals surface area contributed by atoms with E-state index in [-0.39, 0.29) is 11.6 Å². The van der Waals surface area contributed by atoms with Gasteiger partial charge >= 0.3 is 12.0 Å². The number of carbonyl (C=O) groups is 2. The van der Waals surface area contributed by atoms with E-state index in [9.17, 15) is 9.59 Å². The number of carboxylic acid groups (broad SMARTS) is 1. The Morgan fingerprint density at radius 1 is 1.14 bits per heavy atom. The molecule has 5 nitrogen and oxygen atoms in total. The predicted molar refractivity (Wildman–Crippen MR) is 83.5 cm³/mol. The fourth-order valence-electron chi connectivity index (χ4n) is 1.66. The molecule has 1 aromatic carbocycles. The summed E-state index contributed by atoms with van der Waals surface area (Å²) < 4.78 is 0.730. The van der Waals surface area contributed by atoms with Crippen LogP contribution < -0.4 is 10.6 Å². The number of halogens is 1. The average molecular weight is 325 g/mol. The first-order valence-electron chi connectivity index (χ1n) is 6.17. The lowest BCUT2D eigenvalue weighted by Gasteiger charge is -2.07. The number of aromatic carboxylic acids is 1. The Labute approximate surface area is 130 Å². The minimum atomic E-state index is -0.999. The van der Waals surface area contributed by atoms with E-state index in [1.807, 2.05) is 12.1 Å². The van der Waals surface area contributed by atoms with E-state index in [0.717, 1.165) is 9.21 Å². The molecule has 0 aliphatic heterocycles. The number of hydrogen-bond acceptors (Lipinski definition) is 3. The Kier molecular flexibility index (Phi) is 5.19. The smallest absolute Gasteiger partial charge is 0.335 e. The van der Waals surface area contributed by atoms with Gasteiger partial charge in [0.1, 0.15) is 0 Å². The number of rotatable bonds is 5. The summed E-state index contributed by atoms with van der Waals surface area (Å²) in [6, 6.07) is 9.38. The number of urea groups is 1. The van der Waals surface area contributed by atoms with Crippen LogP contribution in [0.2, 0.25) is 4.34 Å². The molecule has 110 valence electrons. The first-order valence-corrected chi connectivity index (χ1v) is 7.36. The van der Waals surface area contributed by atoms with Crippen LogP contribution in [-0.4, -0.2) is 23.7 Å². The van der Waals surface area contributed by atoms with Gasteiger partial charge in [0.2, 0.25) is 0 Å². The quantitative estimate of drug-likeness (QED) is 0.788. The predicted octanol–water partition coefficient (Wildman–Crippen LogP) is 3.46. The number of hydrogen-bond donors (Lipinski definition) is 3. The average Bonchev–Trinajstić information content (AvgIpc) is 2.85. The highest BCUT2D eigenvalue weighted by molar-refractivity contribution is 7.16. The molecule has 1 aromatic heterocycles. The van der Waals surface area contributed by atoms with Crippen LogP contribution in [0.15, 0.2) is 36.4 Å². The van der Waals surface area contributed by atoms with E-state index in [0.29, 0.717) is 18.7 Å². The molecule has 7 heteroatoms. The molecule has 0 bridgehead atoms. The molecule has 21 heavy (non-hydrogen) atoms. The summed E-state index contributed by atoms with van der Waals surface area (Å²) in [5.41, 5.74) is 0.715. The van der Waals surface area contributed by atoms with E-state index in [1.54, 1.807) is 12.1 Å². The molecule has 0 aliphatic carbocycles. The van der Waals surface area contributed by atoms with Crippen molar-refractivity contribution in [3.8, 4) is 0 Å². The van der Waals surface area contributed by atoms with Crippen molar-refractivity contribution in [3.63, 3.8) is 0 Å². The highest BCUT2D eigenvalue weighted by atomic mass is 35.5. The van der Waals surface area contributed by atoms with Gasteiger partial charge in [-0.2, -0.15) is 0 Å². The van der Waals surface area contributed by atoms with Crippen molar-refractivity contribution in [2.75, 3.05) is 11.9 Å². The SMILES string of the molecule is O=C(NCCc1ccc(Cl)s1)Nc1ccc(C(=O)O)cc1. The van der Waals surface area contributed by atoms with Gasteiger partial charge in [0.05, 0.1) is 9.90 Å². The van der Waals surface area contributed by atoms with Crippen LogP contribution in [0.3, 0.4) is 0 Å². The summed E-state index contributed by atoms with van der Waals surface area (Å²) in [6.45, 7) is 0.496. The van der Waals surface area contributed by atoms with E-state index in [2.05, 4.69) is 10.6 Å². The maximum absolute atomic E-state index is 11.7. The van der Waals surface area contributed by atoms with Gasteiger partial charge in [-0.25, -0.2) is 9.59 Å². The van der Waals surface area contributed by atoms with Crippen molar-refractivity contribution in [2.24, 2.45) is 0 Å². The van der Waals surface area contributed by atoms with Crippen molar-refractivity contribution in [3.05, 3.63) is 51.2 Å². The van der Waals surface area contributed by atoms with E-state index in [1.165, 1.54) is 23.5 Å². The monoisotopic (exact) mass is 324 g/mol. The van der Waals surface area contributed by atoms with Crippen LogP contribution >= 0.6 is 22.9 Å². The second-order valence-corrected chi connectivity index (χ2v) is 6.02. The molecule has 2 aromatic rings. The Bertz CT molecular complexity index is 640. The lowest BCUT2D eigenvalue weighted by molar-refractivity contribution is 0.0697. The standard InChI is InChI=1S/C14H13ClN2O3S/c15-12-6-5-11(21-12)7-8-16-14(20)17-10-3-1-9(2-4-10)13(18)19/h1-6H,7-8H2,(H,18,19)(H2,16,17,20). The maximum Gasteiger partial charge on any atom is 0.335 e. The summed E-state index contributed by atoms with van der Waals surface area (Å²) in [5, 5.41) is 14.1. The highest BCUT2D eigenvalue weighted by Crippen LogP contribution is 2.21. The third kappa shape index (κ3) is 4.77. The fraction of sp³-hybridized carbons (Fsp3) is 0.143. The number of anilines is 1. The second-order valence-electron chi connectivity index (χ2n) is 4.22. The molecule has 2 amide bonds. The Balaban J connectivity index is 1.77. The summed E-state index contributed by atoms with van der Waals surface area (Å²) in [7, 11) is 0. The van der Waals surface area contributed by atoms with Crippen molar-refractivity contribution in [2.45, 2.75) is 6.42 Å². The molecule has 0 radical (unpaired) electrons. The molecule has 0 fully saturated rings. The second kappa shape index (κ2) is 7.10. The van der Waals surface area contributed by atoms with Gasteiger partial charge in [0.15, 0.2) is 0 Å². The van der Waals surface area contributed by atoms with Gasteiger partial charge in [-0.05, 0) is 42.8 Å². The van der Waals surface area contributed by atoms with Crippen LogP contribution in [0.5, 0.6) is 0 Å². The Morgan fingerprint density at radius 2 is 1.86 bits per heavy atom. The number of carbonyl (C=O) groups excluding carboxylic acids is 1. The number of amides is 2. The van der Waals surface area contributed by atoms with Crippen molar-refractivity contribution in [1.82, 2.24) is 5.32 Å². The summed E-state index contributed by atoms with van der Waals surface area (Å²) in [4.78, 5) is 23.5. The lowest BCUT2D eigenvalue weighted by Crippen LogP contribution is -2.30. The normalized spacial score (nSPS) is 10.1. The zero-order valence-corrected chi connectivity index (χ0v) is 12.5. The van der Waals surface area contributed by atoms with Gasteiger partial charge in [-0.3, -0.25) is 0 Å². The third-order valence-corrected chi connectivity index (χ3v) is 3.97. The van der Waals surface area contributed by atoms with Crippen molar-refractivity contribution >= 4 is 40.6 Å². The van der Waals surface area contributed by atoms with Crippen molar-refractivity contribution in [1.29, 1.82) is 0 Å². The zero-order chi connectivity index (χ0) is 15.2. The molecule has 2 rings (SSSR count). The first-order chi connectivity index (χ1) is 10.0. The first kappa shape index (κ1) is 15.3. The van der Waals surface area contributed by atoms with Gasteiger partial charge in [-0.1, -0.05) is 11.6 Å². The van der Waals surface area contributed by atoms with Crippen LogP contribution in [0, 0.1) is 0 Å². The molecule has 0 spiro atoms. The van der Waals surface area contributed by atoms with E-state index >= 15 is 0 Å². The summed E-state index contributed by atoms with van der Waals surface area (Å²) in [5.74, 6) is -0.999. The number of carboxylic acids is 1. The number of thiophene rings is 1. The lowest BCUT2D eigenvalue weighted by atomic mass is 10.2. The molecular formula is C14H13ClN2O3S. The van der Waals surface area contributed by atoms with Gasteiger partial charge < -0.3 is 15.7 Å². The molecule has 0 atom stereocenters. The highest BCUT2D eigenvalue weighted by Gasteiger charge is 2.05. The minimum absolute atomic E-state index is 0.176. The van der Waals surface area contributed by atoms with E-state index < -0.39 is 5.97 Å². The molecule has 0 saturated carbocycles. The molecule has 3 N–H and O–H groups in total. The third-order valence-electron chi connectivity index (χ3n) is 2.68. The van der Waals surface area contributed by atoms with Crippen molar-refractivity contribution < 1.29 is 14.7 Å². The topological polar surface area (TPSA) is 78.4 Å². The largest absolute Gasteiger partial charge is 0.478 e. The van der Waals surface area contributed by atoms with Crippen LogP contribution in [0.4, 0.5) is 10.5 Å². The molecule has 0 unspecified atom stereocenters. The molecule has 1 heterocycles. The Hall–Kier alpha value is -2.05. The van der Waals surface area contributed by atoms with E-state index in [4.69, 9.17) is 16.7 Å². The van der Waals surface area contributed by atoms with Crippen LogP contribution in [-0.2, 0) is 6.42 Å². The number of nitrogens with one attached hydrogen (secondary N) is 2. The minimum Gasteiger partial charge on any atom is -0.478 e. The van der Waals surface area contributed by atoms with Gasteiger partial charge in [0.25, 0.3) is 0 Å². The Morgan fingerprint density at radius 3 is 2.43 bits per heavy atom. The maximum atomic E-state index is 11.7. The van der Waals surface area contributed by atoms with Crippen LogP contribution in [0.1, 0.15) is 15.2 Å². The zero-order valence-electron chi connectivity index (χ0n) is 10.9. The van der Waals surface area contributed by atoms with Gasteiger partial charge in [-0.15, -0.1) is 11.3 Å². The summed E-state index contributed by atoms with van der Waals surface area (Å²) in [6.07, 6.45) is 0.711.